The number of aromatic nitrogens is 2. The summed E-state index contributed by atoms with van der Waals surface area (Å²) in [5.41, 5.74) is 2.55. The minimum atomic E-state index is -0.531. The van der Waals surface area contributed by atoms with Crippen molar-refractivity contribution in [2.45, 2.75) is 19.9 Å². The average Bonchev–Trinajstić information content (AvgIpc) is 2.99. The van der Waals surface area contributed by atoms with Gasteiger partial charge in [0.25, 0.3) is 0 Å². The van der Waals surface area contributed by atoms with Crippen molar-refractivity contribution in [2.24, 2.45) is 12.0 Å². The maximum atomic E-state index is 12.3. The van der Waals surface area contributed by atoms with E-state index in [4.69, 9.17) is 4.74 Å². The van der Waals surface area contributed by atoms with Gasteiger partial charge in [0.2, 0.25) is 5.91 Å². The van der Waals surface area contributed by atoms with Crippen molar-refractivity contribution in [3.05, 3.63) is 28.7 Å². The fourth-order valence-electron chi connectivity index (χ4n) is 2.79. The molecule has 1 amide bonds. The third-order valence-corrected chi connectivity index (χ3v) is 4.67. The van der Waals surface area contributed by atoms with E-state index in [1.165, 1.54) is 18.9 Å². The first-order valence-electron chi connectivity index (χ1n) is 6.76. The van der Waals surface area contributed by atoms with Crippen LogP contribution in [0, 0.1) is 6.92 Å². The molecule has 2 aliphatic rings. The zero-order valence-electron chi connectivity index (χ0n) is 12.8. The summed E-state index contributed by atoms with van der Waals surface area (Å²) in [6.07, 6.45) is 1.83. The zero-order chi connectivity index (χ0) is 16.0. The Morgan fingerprint density at radius 2 is 2.18 bits per heavy atom. The number of rotatable bonds is 2. The first-order chi connectivity index (χ1) is 10.4. The van der Waals surface area contributed by atoms with Gasteiger partial charge in [-0.2, -0.15) is 5.10 Å². The van der Waals surface area contributed by atoms with E-state index in [2.05, 4.69) is 10.1 Å². The highest BCUT2D eigenvalue weighted by atomic mass is 32.2. The molecule has 0 unspecified atom stereocenters. The Hall–Kier alpha value is -2.09. The van der Waals surface area contributed by atoms with Crippen LogP contribution in [-0.2, 0) is 21.4 Å². The molecule has 116 valence electrons. The van der Waals surface area contributed by atoms with Gasteiger partial charge in [-0.1, -0.05) is 11.8 Å². The number of hydrogen-bond acceptors (Lipinski definition) is 6. The number of aryl methyl sites for hydroxylation is 2. The molecule has 0 spiro atoms. The van der Waals surface area contributed by atoms with Gasteiger partial charge in [-0.3, -0.25) is 14.4 Å². The van der Waals surface area contributed by atoms with E-state index in [-0.39, 0.29) is 5.91 Å². The number of carbonyl (C=O) groups excluding carboxylic acids is 2. The molecule has 3 rings (SSSR count). The van der Waals surface area contributed by atoms with E-state index >= 15 is 0 Å². The lowest BCUT2D eigenvalue weighted by molar-refractivity contribution is -0.137. The van der Waals surface area contributed by atoms with Crippen LogP contribution in [0.1, 0.15) is 24.2 Å². The van der Waals surface area contributed by atoms with Crippen molar-refractivity contribution in [3.63, 3.8) is 0 Å². The maximum Gasteiger partial charge on any atom is 0.338 e. The van der Waals surface area contributed by atoms with Crippen LogP contribution in [0.25, 0.3) is 0 Å². The summed E-state index contributed by atoms with van der Waals surface area (Å²) in [6, 6.07) is -0.531. The van der Waals surface area contributed by atoms with Crippen LogP contribution < -0.4 is 0 Å². The zero-order valence-corrected chi connectivity index (χ0v) is 13.6. The van der Waals surface area contributed by atoms with Gasteiger partial charge in [-0.15, -0.1) is 0 Å². The fourth-order valence-corrected chi connectivity index (χ4v) is 3.73. The lowest BCUT2D eigenvalue weighted by atomic mass is 9.95. The van der Waals surface area contributed by atoms with E-state index in [0.29, 0.717) is 22.2 Å². The Labute approximate surface area is 132 Å². The van der Waals surface area contributed by atoms with Gasteiger partial charge in [0.1, 0.15) is 6.04 Å². The Morgan fingerprint density at radius 3 is 2.77 bits per heavy atom. The topological polar surface area (TPSA) is 76.8 Å². The first-order valence-corrected chi connectivity index (χ1v) is 7.75. The molecule has 0 aliphatic carbocycles. The number of hydrogen-bond donors (Lipinski definition) is 0. The highest BCUT2D eigenvalue weighted by molar-refractivity contribution is 8.15. The molecular weight excluding hydrogens is 304 g/mol. The summed E-state index contributed by atoms with van der Waals surface area (Å²) >= 11 is 1.38. The number of allylic oxidation sites excluding steroid dienone is 1. The number of thioether (sulfide) groups is 1. The van der Waals surface area contributed by atoms with Crippen molar-refractivity contribution in [1.29, 1.82) is 0 Å². The monoisotopic (exact) mass is 320 g/mol. The molecule has 22 heavy (non-hydrogen) atoms. The van der Waals surface area contributed by atoms with E-state index in [1.807, 2.05) is 20.2 Å². The summed E-state index contributed by atoms with van der Waals surface area (Å²) in [5, 5.41) is 4.96. The van der Waals surface area contributed by atoms with Crippen LogP contribution in [0.2, 0.25) is 0 Å². The molecule has 0 radical (unpaired) electrons. The number of carbonyl (C=O) groups is 2. The lowest BCUT2D eigenvalue weighted by Gasteiger charge is -2.32. The van der Waals surface area contributed by atoms with Crippen LogP contribution in [0.5, 0.6) is 0 Å². The largest absolute Gasteiger partial charge is 0.466 e. The number of esters is 1. The van der Waals surface area contributed by atoms with Crippen molar-refractivity contribution < 1.29 is 14.3 Å². The SMILES string of the molecule is COC(=O)C1=C(C)N=C2SCC(=O)N2[C@@H]1c1cn(C)nc1C. The van der Waals surface area contributed by atoms with E-state index in [9.17, 15) is 9.59 Å². The number of ether oxygens (including phenoxy) is 1. The molecule has 2 aliphatic heterocycles. The average molecular weight is 320 g/mol. The van der Waals surface area contributed by atoms with Crippen molar-refractivity contribution in [2.75, 3.05) is 12.9 Å². The predicted octanol–water partition coefficient (Wildman–Crippen LogP) is 1.16. The summed E-state index contributed by atoms with van der Waals surface area (Å²) in [5.74, 6) is -0.208. The molecule has 7 nitrogen and oxygen atoms in total. The van der Waals surface area contributed by atoms with Crippen LogP contribution in [0.3, 0.4) is 0 Å². The summed E-state index contributed by atoms with van der Waals surface area (Å²) in [7, 11) is 3.14. The molecule has 3 heterocycles. The highest BCUT2D eigenvalue weighted by Crippen LogP contribution is 2.41. The minimum absolute atomic E-state index is 0.0640. The normalized spacial score (nSPS) is 21.1. The minimum Gasteiger partial charge on any atom is -0.466 e. The number of methoxy groups -OCH3 is 1. The third-order valence-electron chi connectivity index (χ3n) is 3.74. The molecule has 0 aromatic carbocycles. The Kier molecular flexibility index (Phi) is 3.56. The molecule has 1 atom stereocenters. The Balaban J connectivity index is 2.21. The molecule has 1 saturated heterocycles. The number of nitrogens with zero attached hydrogens (tertiary/aromatic N) is 4. The van der Waals surface area contributed by atoms with Crippen molar-refractivity contribution in [3.8, 4) is 0 Å². The van der Waals surface area contributed by atoms with Crippen LogP contribution in [-0.4, -0.2) is 44.6 Å². The van der Waals surface area contributed by atoms with Gasteiger partial charge >= 0.3 is 5.97 Å². The Morgan fingerprint density at radius 1 is 1.45 bits per heavy atom. The standard InChI is InChI=1S/C14H16N4O3S/c1-7-9(5-17(3)16-7)12-11(13(20)21-4)8(2)15-14-18(12)10(19)6-22-14/h5,12H,6H2,1-4H3/t12-/m1/s1. The second-order valence-corrected chi connectivity index (χ2v) is 6.13. The molecule has 0 bridgehead atoms. The second-order valence-electron chi connectivity index (χ2n) is 5.18. The highest BCUT2D eigenvalue weighted by Gasteiger charge is 2.44. The molecule has 1 aromatic heterocycles. The lowest BCUT2D eigenvalue weighted by Crippen LogP contribution is -2.39. The van der Waals surface area contributed by atoms with Crippen LogP contribution in [0.4, 0.5) is 0 Å². The second kappa shape index (κ2) is 5.28. The number of aliphatic imine (C=N–C) groups is 1. The first kappa shape index (κ1) is 14.8. The Bertz CT molecular complexity index is 734. The predicted molar refractivity (Wildman–Crippen MR) is 82.1 cm³/mol. The van der Waals surface area contributed by atoms with Crippen LogP contribution in [0.15, 0.2) is 22.5 Å². The van der Waals surface area contributed by atoms with Gasteiger partial charge in [-0.25, -0.2) is 9.79 Å². The van der Waals surface area contributed by atoms with Crippen molar-refractivity contribution in [1.82, 2.24) is 14.7 Å². The van der Waals surface area contributed by atoms with Gasteiger partial charge in [0, 0.05) is 18.8 Å². The molecular formula is C14H16N4O3S. The smallest absolute Gasteiger partial charge is 0.338 e. The fraction of sp³-hybridized carbons (Fsp3) is 0.429. The molecule has 8 heteroatoms. The van der Waals surface area contributed by atoms with Gasteiger partial charge in [-0.05, 0) is 13.8 Å². The summed E-state index contributed by atoms with van der Waals surface area (Å²) in [4.78, 5) is 30.5. The van der Waals surface area contributed by atoms with Crippen molar-refractivity contribution >= 4 is 28.8 Å². The van der Waals surface area contributed by atoms with Crippen LogP contribution >= 0.6 is 11.8 Å². The van der Waals surface area contributed by atoms with E-state index < -0.39 is 12.0 Å². The van der Waals surface area contributed by atoms with E-state index in [1.54, 1.807) is 16.5 Å². The third kappa shape index (κ3) is 2.14. The number of amidine groups is 1. The van der Waals surface area contributed by atoms with Gasteiger partial charge in [0.05, 0.1) is 29.8 Å². The van der Waals surface area contributed by atoms with Gasteiger partial charge < -0.3 is 4.74 Å². The molecule has 0 N–H and O–H groups in total. The molecule has 1 fully saturated rings. The van der Waals surface area contributed by atoms with E-state index in [0.717, 1.165) is 11.3 Å². The summed E-state index contributed by atoms with van der Waals surface area (Å²) < 4.78 is 6.58. The maximum absolute atomic E-state index is 12.3. The van der Waals surface area contributed by atoms with Gasteiger partial charge in [0.15, 0.2) is 5.17 Å². The quantitative estimate of drug-likeness (QED) is 0.764. The summed E-state index contributed by atoms with van der Waals surface area (Å²) in [6.45, 7) is 3.62. The molecule has 1 aromatic rings. The molecule has 0 saturated carbocycles. The number of fused-ring (bicyclic) bond motifs is 1. The number of amides is 1.